The largest absolute Gasteiger partial charge is 0.477 e. The van der Waals surface area contributed by atoms with E-state index in [4.69, 9.17) is 4.74 Å². The third-order valence-electron chi connectivity index (χ3n) is 4.53. The topological polar surface area (TPSA) is 70.7 Å². The molecule has 1 aliphatic rings. The number of carbonyl (C=O) groups excluding carboxylic acids is 2. The summed E-state index contributed by atoms with van der Waals surface area (Å²) in [6.07, 6.45) is -4.42. The number of alkyl halides is 3. The molecule has 0 spiro atoms. The number of anilines is 2. The Morgan fingerprint density at radius 1 is 1.13 bits per heavy atom. The molecule has 0 bridgehead atoms. The van der Waals surface area contributed by atoms with Crippen LogP contribution in [0.4, 0.5) is 24.5 Å². The molecular formula is C21H22F3N3O3. The lowest BCUT2D eigenvalue weighted by molar-refractivity contribution is -0.137. The van der Waals surface area contributed by atoms with Gasteiger partial charge < -0.3 is 20.3 Å². The average molecular weight is 421 g/mol. The first-order valence-corrected chi connectivity index (χ1v) is 9.53. The molecule has 2 amide bonds. The maximum Gasteiger partial charge on any atom is 0.416 e. The Morgan fingerprint density at radius 2 is 1.83 bits per heavy atom. The highest BCUT2D eigenvalue weighted by Crippen LogP contribution is 2.33. The summed E-state index contributed by atoms with van der Waals surface area (Å²) < 4.78 is 43.8. The molecule has 2 N–H and O–H groups in total. The van der Waals surface area contributed by atoms with E-state index in [1.54, 1.807) is 29.2 Å². The van der Waals surface area contributed by atoms with Crippen LogP contribution in [0.5, 0.6) is 5.75 Å². The SMILES string of the molecule is CCCNC(=O)[C@H]1CN(CC(=O)Nc2ccc(C(F)(F)F)cc2)c2ccccc2O1. The zero-order chi connectivity index (χ0) is 21.7. The van der Waals surface area contributed by atoms with Crippen LogP contribution < -0.4 is 20.3 Å². The molecule has 2 aromatic carbocycles. The van der Waals surface area contributed by atoms with Crippen molar-refractivity contribution < 1.29 is 27.5 Å². The second-order valence-corrected chi connectivity index (χ2v) is 6.87. The Bertz CT molecular complexity index is 900. The van der Waals surface area contributed by atoms with Crippen molar-refractivity contribution in [2.75, 3.05) is 29.9 Å². The van der Waals surface area contributed by atoms with Crippen LogP contribution in [-0.2, 0) is 15.8 Å². The van der Waals surface area contributed by atoms with Crippen molar-refractivity contribution in [3.05, 3.63) is 54.1 Å². The summed E-state index contributed by atoms with van der Waals surface area (Å²) in [6, 6.07) is 11.3. The van der Waals surface area contributed by atoms with Gasteiger partial charge >= 0.3 is 6.18 Å². The number of hydrogen-bond donors (Lipinski definition) is 2. The van der Waals surface area contributed by atoms with Crippen LogP contribution in [0, 0.1) is 0 Å². The van der Waals surface area contributed by atoms with Gasteiger partial charge in [0.05, 0.1) is 24.3 Å². The van der Waals surface area contributed by atoms with Crippen LogP contribution in [0.2, 0.25) is 0 Å². The summed E-state index contributed by atoms with van der Waals surface area (Å²) in [4.78, 5) is 26.6. The van der Waals surface area contributed by atoms with Crippen molar-refractivity contribution in [2.45, 2.75) is 25.6 Å². The Morgan fingerprint density at radius 3 is 2.50 bits per heavy atom. The van der Waals surface area contributed by atoms with Crippen molar-refractivity contribution in [1.82, 2.24) is 5.32 Å². The second kappa shape index (κ2) is 9.06. The average Bonchev–Trinajstić information content (AvgIpc) is 2.71. The maximum absolute atomic E-state index is 12.7. The quantitative estimate of drug-likeness (QED) is 0.750. The van der Waals surface area contributed by atoms with E-state index in [9.17, 15) is 22.8 Å². The van der Waals surface area contributed by atoms with Crippen molar-refractivity contribution in [1.29, 1.82) is 0 Å². The Balaban J connectivity index is 1.69. The predicted molar refractivity (Wildman–Crippen MR) is 106 cm³/mol. The van der Waals surface area contributed by atoms with Gasteiger partial charge in [0.1, 0.15) is 5.75 Å². The highest BCUT2D eigenvalue weighted by molar-refractivity contribution is 5.95. The molecule has 6 nitrogen and oxygen atoms in total. The van der Waals surface area contributed by atoms with Gasteiger partial charge in [-0.25, -0.2) is 0 Å². The van der Waals surface area contributed by atoms with E-state index in [2.05, 4.69) is 10.6 Å². The van der Waals surface area contributed by atoms with E-state index in [-0.39, 0.29) is 24.7 Å². The van der Waals surface area contributed by atoms with Crippen molar-refractivity contribution in [3.8, 4) is 5.75 Å². The molecule has 2 aromatic rings. The van der Waals surface area contributed by atoms with E-state index in [1.165, 1.54) is 12.1 Å². The van der Waals surface area contributed by atoms with E-state index in [1.807, 2.05) is 6.92 Å². The second-order valence-electron chi connectivity index (χ2n) is 6.87. The van der Waals surface area contributed by atoms with E-state index < -0.39 is 23.8 Å². The molecule has 9 heteroatoms. The van der Waals surface area contributed by atoms with Crippen LogP contribution in [0.15, 0.2) is 48.5 Å². The number of amides is 2. The zero-order valence-corrected chi connectivity index (χ0v) is 16.3. The zero-order valence-electron chi connectivity index (χ0n) is 16.3. The van der Waals surface area contributed by atoms with Crippen molar-refractivity contribution >= 4 is 23.2 Å². The summed E-state index contributed by atoms with van der Waals surface area (Å²) in [5.41, 5.74) is 0.134. The van der Waals surface area contributed by atoms with Crippen molar-refractivity contribution in [3.63, 3.8) is 0 Å². The number of fused-ring (bicyclic) bond motifs is 1. The number of hydrogen-bond acceptors (Lipinski definition) is 4. The molecule has 0 unspecified atom stereocenters. The number of para-hydroxylation sites is 2. The number of carbonyl (C=O) groups is 2. The minimum Gasteiger partial charge on any atom is -0.477 e. The summed E-state index contributed by atoms with van der Waals surface area (Å²) >= 11 is 0. The van der Waals surface area contributed by atoms with E-state index >= 15 is 0 Å². The summed E-state index contributed by atoms with van der Waals surface area (Å²) in [5.74, 6) is -0.193. The van der Waals surface area contributed by atoms with Crippen LogP contribution in [0.25, 0.3) is 0 Å². The molecule has 1 atom stereocenters. The summed E-state index contributed by atoms with van der Waals surface area (Å²) in [6.45, 7) is 2.55. The van der Waals surface area contributed by atoms with Crippen LogP contribution in [0.3, 0.4) is 0 Å². The number of nitrogens with zero attached hydrogens (tertiary/aromatic N) is 1. The van der Waals surface area contributed by atoms with Crippen LogP contribution in [-0.4, -0.2) is 37.6 Å². The van der Waals surface area contributed by atoms with Gasteiger partial charge in [-0.05, 0) is 42.8 Å². The first-order valence-electron chi connectivity index (χ1n) is 9.53. The fourth-order valence-corrected chi connectivity index (χ4v) is 3.07. The van der Waals surface area contributed by atoms with Crippen LogP contribution >= 0.6 is 0 Å². The van der Waals surface area contributed by atoms with Gasteiger partial charge in [0.2, 0.25) is 5.91 Å². The molecule has 30 heavy (non-hydrogen) atoms. The number of benzene rings is 2. The third-order valence-corrected chi connectivity index (χ3v) is 4.53. The molecule has 0 aliphatic carbocycles. The number of nitrogens with one attached hydrogen (secondary N) is 2. The van der Waals surface area contributed by atoms with Gasteiger partial charge in [0.15, 0.2) is 6.10 Å². The highest BCUT2D eigenvalue weighted by atomic mass is 19.4. The highest BCUT2D eigenvalue weighted by Gasteiger charge is 2.32. The van der Waals surface area contributed by atoms with Gasteiger partial charge in [-0.15, -0.1) is 0 Å². The van der Waals surface area contributed by atoms with Gasteiger partial charge in [-0.3, -0.25) is 9.59 Å². The summed E-state index contributed by atoms with van der Waals surface area (Å²) in [7, 11) is 0. The lowest BCUT2D eigenvalue weighted by Crippen LogP contribution is -2.50. The number of rotatable bonds is 6. The molecule has 0 aromatic heterocycles. The maximum atomic E-state index is 12.7. The van der Waals surface area contributed by atoms with E-state index in [0.717, 1.165) is 18.6 Å². The molecule has 1 heterocycles. The van der Waals surface area contributed by atoms with Gasteiger partial charge in [0.25, 0.3) is 5.91 Å². The number of halogens is 3. The molecular weight excluding hydrogens is 399 g/mol. The first kappa shape index (κ1) is 21.5. The Labute approximate surface area is 172 Å². The molecule has 0 radical (unpaired) electrons. The van der Waals surface area contributed by atoms with Crippen LogP contribution in [0.1, 0.15) is 18.9 Å². The smallest absolute Gasteiger partial charge is 0.416 e. The Hall–Kier alpha value is -3.23. The predicted octanol–water partition coefficient (Wildman–Crippen LogP) is 3.44. The summed E-state index contributed by atoms with van der Waals surface area (Å²) in [5, 5.41) is 5.37. The molecule has 0 fully saturated rings. The Kier molecular flexibility index (Phi) is 6.49. The molecule has 0 saturated carbocycles. The lowest BCUT2D eigenvalue weighted by Gasteiger charge is -2.35. The van der Waals surface area contributed by atoms with E-state index in [0.29, 0.717) is 18.0 Å². The monoisotopic (exact) mass is 421 g/mol. The third kappa shape index (κ3) is 5.22. The molecule has 0 saturated heterocycles. The fraction of sp³-hybridized carbons (Fsp3) is 0.333. The first-order chi connectivity index (χ1) is 14.3. The number of ether oxygens (including phenoxy) is 1. The normalized spacial score (nSPS) is 15.7. The lowest BCUT2D eigenvalue weighted by atomic mass is 10.1. The van der Waals surface area contributed by atoms with Crippen molar-refractivity contribution in [2.24, 2.45) is 0 Å². The molecule has 160 valence electrons. The van der Waals surface area contributed by atoms with Gasteiger partial charge in [-0.1, -0.05) is 19.1 Å². The fourth-order valence-electron chi connectivity index (χ4n) is 3.07. The molecule has 1 aliphatic heterocycles. The minimum absolute atomic E-state index is 0.0844. The van der Waals surface area contributed by atoms with Gasteiger partial charge in [-0.2, -0.15) is 13.2 Å². The minimum atomic E-state index is -4.44. The standard InChI is InChI=1S/C21H22F3N3O3/c1-2-11-25-20(29)18-12-27(16-5-3-4-6-17(16)30-18)13-19(28)26-15-9-7-14(8-10-15)21(22,23)24/h3-10,18H,2,11-13H2,1H3,(H,25,29)(H,26,28)/t18-/m1/s1. The van der Waals surface area contributed by atoms with Gasteiger partial charge in [0, 0.05) is 12.2 Å². The molecule has 3 rings (SSSR count).